The van der Waals surface area contributed by atoms with Gasteiger partial charge in [-0.05, 0) is 26.0 Å². The SMILES string of the molecule is CCn1ncc(NC(=O)C2CC(c3cccc(Br)c3)=NO2)c1C(=O)Nc1cnn(C)c1C. The average Bonchev–Trinajstić information content (AvgIpc) is 3.49. The quantitative estimate of drug-likeness (QED) is 0.540. The summed E-state index contributed by atoms with van der Waals surface area (Å²) in [5.74, 6) is -0.796. The van der Waals surface area contributed by atoms with Crippen molar-refractivity contribution in [3.05, 3.63) is 58.1 Å². The van der Waals surface area contributed by atoms with Gasteiger partial charge in [-0.25, -0.2) is 0 Å². The summed E-state index contributed by atoms with van der Waals surface area (Å²) in [6.07, 6.45) is 2.55. The second kappa shape index (κ2) is 8.95. The molecule has 3 heterocycles. The topological polar surface area (TPSA) is 115 Å². The van der Waals surface area contributed by atoms with Crippen LogP contribution in [-0.2, 0) is 23.2 Å². The maximum absolute atomic E-state index is 13.0. The van der Waals surface area contributed by atoms with Gasteiger partial charge in [-0.1, -0.05) is 33.2 Å². The highest BCUT2D eigenvalue weighted by Crippen LogP contribution is 2.23. The minimum absolute atomic E-state index is 0.246. The Bertz CT molecular complexity index is 1210. The Morgan fingerprint density at radius 3 is 2.69 bits per heavy atom. The number of aryl methyl sites for hydroxylation is 2. The molecule has 0 saturated heterocycles. The molecule has 10 nitrogen and oxygen atoms in total. The predicted octanol–water partition coefficient (Wildman–Crippen LogP) is 3.09. The van der Waals surface area contributed by atoms with Gasteiger partial charge in [0.2, 0.25) is 6.10 Å². The van der Waals surface area contributed by atoms with E-state index in [0.29, 0.717) is 30.1 Å². The number of halogens is 1. The molecule has 0 spiro atoms. The lowest BCUT2D eigenvalue weighted by atomic mass is 10.0. The zero-order chi connectivity index (χ0) is 22.8. The van der Waals surface area contributed by atoms with Crippen LogP contribution in [0.2, 0.25) is 0 Å². The molecule has 2 amide bonds. The zero-order valence-corrected chi connectivity index (χ0v) is 19.4. The Balaban J connectivity index is 1.48. The van der Waals surface area contributed by atoms with Crippen LogP contribution in [-0.4, -0.2) is 43.2 Å². The Labute approximate surface area is 192 Å². The molecule has 0 radical (unpaired) electrons. The normalized spacial score (nSPS) is 15.2. The van der Waals surface area contributed by atoms with Crippen molar-refractivity contribution in [3.8, 4) is 0 Å². The highest BCUT2D eigenvalue weighted by Gasteiger charge is 2.31. The molecule has 0 aliphatic carbocycles. The summed E-state index contributed by atoms with van der Waals surface area (Å²) < 4.78 is 4.10. The standard InChI is InChI=1S/C21H22BrN7O3/c1-4-29-19(21(31)25-16-10-23-28(3)12(16)2)17(11-24-29)26-20(30)18-9-15(27-32-18)13-6-5-7-14(22)8-13/h5-8,10-11,18H,4,9H2,1-3H3,(H,25,31)(H,26,30). The molecule has 3 aromatic rings. The van der Waals surface area contributed by atoms with E-state index in [4.69, 9.17) is 4.84 Å². The largest absolute Gasteiger partial charge is 0.382 e. The van der Waals surface area contributed by atoms with E-state index in [9.17, 15) is 9.59 Å². The first-order valence-electron chi connectivity index (χ1n) is 10.0. The van der Waals surface area contributed by atoms with Crippen LogP contribution >= 0.6 is 15.9 Å². The number of anilines is 2. The van der Waals surface area contributed by atoms with E-state index in [1.165, 1.54) is 10.9 Å². The number of aromatic nitrogens is 4. The average molecular weight is 500 g/mol. The molecule has 1 aliphatic heterocycles. The fourth-order valence-electron chi connectivity index (χ4n) is 3.33. The van der Waals surface area contributed by atoms with Crippen LogP contribution < -0.4 is 10.6 Å². The van der Waals surface area contributed by atoms with Gasteiger partial charge in [-0.3, -0.25) is 19.0 Å². The number of benzene rings is 1. The van der Waals surface area contributed by atoms with Crippen molar-refractivity contribution in [2.75, 3.05) is 10.6 Å². The van der Waals surface area contributed by atoms with E-state index in [-0.39, 0.29) is 5.69 Å². The Kier molecular flexibility index (Phi) is 6.08. The Morgan fingerprint density at radius 2 is 2.00 bits per heavy atom. The maximum Gasteiger partial charge on any atom is 0.276 e. The third-order valence-corrected chi connectivity index (χ3v) is 5.71. The van der Waals surface area contributed by atoms with Crippen LogP contribution in [0, 0.1) is 6.92 Å². The summed E-state index contributed by atoms with van der Waals surface area (Å²) in [6.45, 7) is 4.17. The van der Waals surface area contributed by atoms with Crippen LogP contribution in [0.25, 0.3) is 0 Å². The van der Waals surface area contributed by atoms with Gasteiger partial charge in [-0.2, -0.15) is 10.2 Å². The zero-order valence-electron chi connectivity index (χ0n) is 17.8. The minimum atomic E-state index is -0.801. The second-order valence-corrected chi connectivity index (χ2v) is 8.20. The lowest BCUT2D eigenvalue weighted by molar-refractivity contribution is -0.125. The van der Waals surface area contributed by atoms with Gasteiger partial charge in [0.05, 0.1) is 35.2 Å². The van der Waals surface area contributed by atoms with Crippen molar-refractivity contribution in [3.63, 3.8) is 0 Å². The van der Waals surface area contributed by atoms with Gasteiger partial charge in [0.1, 0.15) is 5.69 Å². The molecule has 1 unspecified atom stereocenters. The summed E-state index contributed by atoms with van der Waals surface area (Å²) >= 11 is 3.43. The number of hydrogen-bond donors (Lipinski definition) is 2. The number of oxime groups is 1. The van der Waals surface area contributed by atoms with Crippen molar-refractivity contribution in [2.24, 2.45) is 12.2 Å². The molecular formula is C21H22BrN7O3. The van der Waals surface area contributed by atoms with Crippen molar-refractivity contribution in [2.45, 2.75) is 32.9 Å². The van der Waals surface area contributed by atoms with Crippen LogP contribution in [0.1, 0.15) is 35.1 Å². The predicted molar refractivity (Wildman–Crippen MR) is 123 cm³/mol. The molecule has 11 heteroatoms. The monoisotopic (exact) mass is 499 g/mol. The molecule has 166 valence electrons. The van der Waals surface area contributed by atoms with Crippen LogP contribution in [0.4, 0.5) is 11.4 Å². The molecule has 0 bridgehead atoms. The summed E-state index contributed by atoms with van der Waals surface area (Å²) in [5, 5.41) is 18.0. The van der Waals surface area contributed by atoms with Crippen LogP contribution in [0.5, 0.6) is 0 Å². The summed E-state index contributed by atoms with van der Waals surface area (Å²) in [4.78, 5) is 31.2. The lowest BCUT2D eigenvalue weighted by Gasteiger charge is -2.12. The Morgan fingerprint density at radius 1 is 1.22 bits per heavy atom. The van der Waals surface area contributed by atoms with E-state index >= 15 is 0 Å². The number of nitrogens with one attached hydrogen (secondary N) is 2. The first-order valence-corrected chi connectivity index (χ1v) is 10.8. The van der Waals surface area contributed by atoms with Gasteiger partial charge in [0, 0.05) is 30.0 Å². The minimum Gasteiger partial charge on any atom is -0.382 e. The second-order valence-electron chi connectivity index (χ2n) is 7.28. The molecule has 1 aromatic carbocycles. The van der Waals surface area contributed by atoms with E-state index in [2.05, 4.69) is 41.9 Å². The molecule has 0 fully saturated rings. The smallest absolute Gasteiger partial charge is 0.276 e. The summed E-state index contributed by atoms with van der Waals surface area (Å²) in [5.41, 5.74) is 3.50. The molecule has 1 aliphatic rings. The summed E-state index contributed by atoms with van der Waals surface area (Å²) in [6, 6.07) is 7.62. The molecule has 2 N–H and O–H groups in total. The van der Waals surface area contributed by atoms with E-state index < -0.39 is 17.9 Å². The molecule has 0 saturated carbocycles. The van der Waals surface area contributed by atoms with Gasteiger partial charge in [0.25, 0.3) is 11.8 Å². The highest BCUT2D eigenvalue weighted by atomic mass is 79.9. The van der Waals surface area contributed by atoms with E-state index in [1.807, 2.05) is 38.1 Å². The third kappa shape index (κ3) is 4.28. The molecule has 32 heavy (non-hydrogen) atoms. The Hall–Kier alpha value is -3.47. The first-order chi connectivity index (χ1) is 15.4. The van der Waals surface area contributed by atoms with Crippen molar-refractivity contribution < 1.29 is 14.4 Å². The van der Waals surface area contributed by atoms with E-state index in [0.717, 1.165) is 15.7 Å². The molecule has 2 aromatic heterocycles. The number of amides is 2. The lowest BCUT2D eigenvalue weighted by Crippen LogP contribution is -2.29. The van der Waals surface area contributed by atoms with Crippen molar-refractivity contribution >= 4 is 44.8 Å². The number of nitrogens with zero attached hydrogens (tertiary/aromatic N) is 5. The van der Waals surface area contributed by atoms with Gasteiger partial charge in [-0.15, -0.1) is 0 Å². The number of rotatable bonds is 6. The van der Waals surface area contributed by atoms with Crippen molar-refractivity contribution in [1.82, 2.24) is 19.6 Å². The number of carbonyl (C=O) groups excluding carboxylic acids is 2. The fraction of sp³-hybridized carbons (Fsp3) is 0.286. The molecule has 4 rings (SSSR count). The van der Waals surface area contributed by atoms with E-state index in [1.54, 1.807) is 17.9 Å². The number of hydrogen-bond acceptors (Lipinski definition) is 6. The third-order valence-electron chi connectivity index (χ3n) is 5.21. The molecule has 1 atom stereocenters. The summed E-state index contributed by atoms with van der Waals surface area (Å²) in [7, 11) is 1.79. The van der Waals surface area contributed by atoms with Crippen LogP contribution in [0.3, 0.4) is 0 Å². The fourth-order valence-corrected chi connectivity index (χ4v) is 3.73. The highest BCUT2D eigenvalue weighted by molar-refractivity contribution is 9.10. The van der Waals surface area contributed by atoms with Gasteiger partial charge in [0.15, 0.2) is 0 Å². The molecular weight excluding hydrogens is 478 g/mol. The van der Waals surface area contributed by atoms with Gasteiger partial charge < -0.3 is 15.5 Å². The number of carbonyl (C=O) groups is 2. The maximum atomic E-state index is 13.0. The van der Waals surface area contributed by atoms with Gasteiger partial charge >= 0.3 is 0 Å². The van der Waals surface area contributed by atoms with Crippen molar-refractivity contribution in [1.29, 1.82) is 0 Å². The first kappa shape index (κ1) is 21.8. The van der Waals surface area contributed by atoms with Crippen LogP contribution in [0.15, 0.2) is 46.3 Å².